The second kappa shape index (κ2) is 7.39. The molecular formula is C14H20N4O5S. The molecule has 0 radical (unpaired) electrons. The fraction of sp³-hybridized carbons (Fsp3) is 0.429. The molecule has 24 heavy (non-hydrogen) atoms. The summed E-state index contributed by atoms with van der Waals surface area (Å²) < 4.78 is 25.1. The van der Waals surface area contributed by atoms with E-state index in [0.29, 0.717) is 12.0 Å². The van der Waals surface area contributed by atoms with Gasteiger partial charge in [0.15, 0.2) is 15.8 Å². The molecule has 0 aliphatic carbocycles. The summed E-state index contributed by atoms with van der Waals surface area (Å²) >= 11 is 0. The smallest absolute Gasteiger partial charge is 0.288 e. The predicted molar refractivity (Wildman–Crippen MR) is 89.6 cm³/mol. The zero-order valence-corrected chi connectivity index (χ0v) is 14.5. The second-order valence-corrected chi connectivity index (χ2v) is 7.53. The van der Waals surface area contributed by atoms with Crippen LogP contribution < -0.4 is 11.5 Å². The van der Waals surface area contributed by atoms with Gasteiger partial charge in [-0.2, -0.15) is 4.99 Å². The fourth-order valence-corrected chi connectivity index (χ4v) is 3.69. The number of nitrogens with two attached hydrogens (primary N) is 2. The van der Waals surface area contributed by atoms with Crippen molar-refractivity contribution in [3.8, 4) is 0 Å². The van der Waals surface area contributed by atoms with Gasteiger partial charge in [0.1, 0.15) is 4.90 Å². The first kappa shape index (κ1) is 19.6. The van der Waals surface area contributed by atoms with Gasteiger partial charge in [0, 0.05) is 6.07 Å². The van der Waals surface area contributed by atoms with Crippen LogP contribution in [-0.2, 0) is 16.3 Å². The van der Waals surface area contributed by atoms with Gasteiger partial charge >= 0.3 is 0 Å². The molecule has 9 nitrogen and oxygen atoms in total. The summed E-state index contributed by atoms with van der Waals surface area (Å²) in [6.45, 7) is 4.84. The van der Waals surface area contributed by atoms with Crippen molar-refractivity contribution >= 4 is 27.4 Å². The molecule has 1 rings (SSSR count). The lowest BCUT2D eigenvalue weighted by atomic mass is 10.0. The summed E-state index contributed by atoms with van der Waals surface area (Å²) in [4.78, 5) is 25.5. The number of aryl methyl sites for hydroxylation is 1. The quantitative estimate of drug-likeness (QED) is 0.334. The second-order valence-electron chi connectivity index (χ2n) is 5.19. The molecule has 0 saturated carbocycles. The Morgan fingerprint density at radius 2 is 1.92 bits per heavy atom. The molecular weight excluding hydrogens is 336 g/mol. The summed E-state index contributed by atoms with van der Waals surface area (Å²) in [7, 11) is -3.90. The molecule has 0 fully saturated rings. The molecule has 0 saturated heterocycles. The van der Waals surface area contributed by atoms with E-state index in [-0.39, 0.29) is 12.0 Å². The zero-order chi connectivity index (χ0) is 18.7. The molecule has 4 N–H and O–H groups in total. The average Bonchev–Trinajstić information content (AvgIpc) is 2.51. The molecule has 132 valence electrons. The number of carbonyl (C=O) groups is 1. The van der Waals surface area contributed by atoms with Crippen molar-refractivity contribution < 1.29 is 18.1 Å². The van der Waals surface area contributed by atoms with Gasteiger partial charge in [-0.3, -0.25) is 14.9 Å². The number of benzene rings is 1. The highest BCUT2D eigenvalue weighted by molar-refractivity contribution is 7.92. The van der Waals surface area contributed by atoms with E-state index >= 15 is 0 Å². The third kappa shape index (κ3) is 3.88. The van der Waals surface area contributed by atoms with Gasteiger partial charge in [-0.15, -0.1) is 0 Å². The minimum atomic E-state index is -3.90. The lowest BCUT2D eigenvalue weighted by Gasteiger charge is -2.13. The number of hydrogen-bond acceptors (Lipinski definition) is 5. The minimum Gasteiger partial charge on any atom is -0.370 e. The largest absolute Gasteiger partial charge is 0.370 e. The molecule has 10 heteroatoms. The lowest BCUT2D eigenvalue weighted by Crippen LogP contribution is -2.24. The Bertz CT molecular complexity index is 798. The Balaban J connectivity index is 3.74. The van der Waals surface area contributed by atoms with Gasteiger partial charge in [-0.25, -0.2) is 8.42 Å². The maximum Gasteiger partial charge on any atom is 0.288 e. The molecule has 0 aromatic heterocycles. The highest BCUT2D eigenvalue weighted by Gasteiger charge is 2.32. The zero-order valence-electron chi connectivity index (χ0n) is 13.6. The summed E-state index contributed by atoms with van der Waals surface area (Å²) in [5.74, 6) is -1.34. The molecule has 1 unspecified atom stereocenters. The third-order valence-corrected chi connectivity index (χ3v) is 5.97. The molecule has 1 amide bonds. The van der Waals surface area contributed by atoms with Crippen LogP contribution in [0.2, 0.25) is 0 Å². The van der Waals surface area contributed by atoms with Crippen molar-refractivity contribution in [2.75, 3.05) is 0 Å². The van der Waals surface area contributed by atoms with Crippen LogP contribution in [0.25, 0.3) is 0 Å². The van der Waals surface area contributed by atoms with Gasteiger partial charge in [-0.05, 0) is 31.4 Å². The number of hydrogen-bond donors (Lipinski definition) is 2. The van der Waals surface area contributed by atoms with Gasteiger partial charge in [-0.1, -0.05) is 13.8 Å². The predicted octanol–water partition coefficient (Wildman–Crippen LogP) is 1.14. The maximum atomic E-state index is 12.6. The monoisotopic (exact) mass is 356 g/mol. The number of aliphatic imine (C=N–C) groups is 1. The highest BCUT2D eigenvalue weighted by atomic mass is 32.2. The summed E-state index contributed by atoms with van der Waals surface area (Å²) in [5, 5.41) is 10.5. The Labute approximate surface area is 139 Å². The molecule has 1 aromatic rings. The SMILES string of the molecule is CCc1cc(S(=O)(=O)C(C)CC)c([N+](=O)[O-])cc1C(=O)N=C(N)N. The van der Waals surface area contributed by atoms with Crippen LogP contribution >= 0.6 is 0 Å². The molecule has 0 aliphatic rings. The van der Waals surface area contributed by atoms with Crippen molar-refractivity contribution in [2.45, 2.75) is 43.8 Å². The Hall–Kier alpha value is -2.49. The number of sulfone groups is 1. The van der Waals surface area contributed by atoms with E-state index in [1.54, 1.807) is 13.8 Å². The van der Waals surface area contributed by atoms with Crippen LogP contribution in [0.3, 0.4) is 0 Å². The van der Waals surface area contributed by atoms with E-state index in [9.17, 15) is 23.3 Å². The molecule has 0 spiro atoms. The van der Waals surface area contributed by atoms with E-state index in [1.165, 1.54) is 6.92 Å². The Kier molecular flexibility index (Phi) is 6.02. The summed E-state index contributed by atoms with van der Waals surface area (Å²) in [6, 6.07) is 2.08. The Morgan fingerprint density at radius 3 is 2.33 bits per heavy atom. The summed E-state index contributed by atoms with van der Waals surface area (Å²) in [6.07, 6.45) is 0.581. The molecule has 1 aromatic carbocycles. The van der Waals surface area contributed by atoms with Crippen molar-refractivity contribution in [3.63, 3.8) is 0 Å². The fourth-order valence-electron chi connectivity index (χ4n) is 2.09. The van der Waals surface area contributed by atoms with Crippen molar-refractivity contribution in [2.24, 2.45) is 16.5 Å². The van der Waals surface area contributed by atoms with Crippen LogP contribution in [0.1, 0.15) is 43.1 Å². The highest BCUT2D eigenvalue weighted by Crippen LogP contribution is 2.31. The maximum absolute atomic E-state index is 12.6. The number of nitro benzene ring substituents is 1. The van der Waals surface area contributed by atoms with Gasteiger partial charge in [0.2, 0.25) is 0 Å². The van der Waals surface area contributed by atoms with Gasteiger partial charge in [0.05, 0.1) is 15.7 Å². The number of rotatable bonds is 6. The third-order valence-electron chi connectivity index (χ3n) is 3.63. The van der Waals surface area contributed by atoms with Crippen LogP contribution in [0.5, 0.6) is 0 Å². The average molecular weight is 356 g/mol. The molecule has 0 heterocycles. The van der Waals surface area contributed by atoms with E-state index < -0.39 is 42.5 Å². The minimum absolute atomic E-state index is 0.0966. The van der Waals surface area contributed by atoms with Crippen LogP contribution in [0.15, 0.2) is 22.0 Å². The van der Waals surface area contributed by atoms with Crippen LogP contribution in [-0.4, -0.2) is 30.5 Å². The van der Waals surface area contributed by atoms with E-state index in [4.69, 9.17) is 11.5 Å². The topological polar surface area (TPSA) is 159 Å². The van der Waals surface area contributed by atoms with E-state index in [0.717, 1.165) is 12.1 Å². The normalized spacial score (nSPS) is 12.5. The van der Waals surface area contributed by atoms with Crippen LogP contribution in [0, 0.1) is 10.1 Å². The van der Waals surface area contributed by atoms with Gasteiger partial charge in [0.25, 0.3) is 11.6 Å². The first-order chi connectivity index (χ1) is 11.1. The number of nitro groups is 1. The van der Waals surface area contributed by atoms with Crippen LogP contribution in [0.4, 0.5) is 5.69 Å². The number of carbonyl (C=O) groups excluding carboxylic acids is 1. The van der Waals surface area contributed by atoms with E-state index in [2.05, 4.69) is 4.99 Å². The van der Waals surface area contributed by atoms with Gasteiger partial charge < -0.3 is 11.5 Å². The van der Waals surface area contributed by atoms with Crippen molar-refractivity contribution in [1.82, 2.24) is 0 Å². The first-order valence-electron chi connectivity index (χ1n) is 7.25. The first-order valence-corrected chi connectivity index (χ1v) is 8.79. The number of nitrogens with zero attached hydrogens (tertiary/aromatic N) is 2. The van der Waals surface area contributed by atoms with Crippen molar-refractivity contribution in [3.05, 3.63) is 33.4 Å². The lowest BCUT2D eigenvalue weighted by molar-refractivity contribution is -0.387. The number of guanidine groups is 1. The van der Waals surface area contributed by atoms with E-state index in [1.807, 2.05) is 0 Å². The van der Waals surface area contributed by atoms with Crippen molar-refractivity contribution in [1.29, 1.82) is 0 Å². The molecule has 0 aliphatic heterocycles. The summed E-state index contributed by atoms with van der Waals surface area (Å²) in [5.41, 5.74) is 9.86. The Morgan fingerprint density at radius 1 is 1.33 bits per heavy atom. The number of amides is 1. The standard InChI is InChI=1S/C14H20N4O5S/c1-4-8(3)24(22,23)12-6-9(5-2)10(7-11(12)18(20)21)13(19)17-14(15)16/h6-8H,4-5H2,1-3H3,(H4,15,16,17,19). The molecule has 1 atom stereocenters. The molecule has 0 bridgehead atoms.